The van der Waals surface area contributed by atoms with Gasteiger partial charge in [-0.25, -0.2) is 0 Å². The first-order valence-corrected chi connectivity index (χ1v) is 14.8. The first kappa shape index (κ1) is 24.5. The van der Waals surface area contributed by atoms with Crippen molar-refractivity contribution < 1.29 is 9.22 Å². The molecule has 0 radical (unpaired) electrons. The third kappa shape index (κ3) is 4.31. The Balaban J connectivity index is 1.50. The molecule has 4 nitrogen and oxygen atoms in total. The molecule has 1 unspecified atom stereocenters. The molecule has 186 valence electrons. The highest BCUT2D eigenvalue weighted by atomic mass is 28.4. The van der Waals surface area contributed by atoms with E-state index in [1.165, 1.54) is 21.6 Å². The Labute approximate surface area is 215 Å². The van der Waals surface area contributed by atoms with Crippen molar-refractivity contribution in [3.63, 3.8) is 0 Å². The molecule has 5 heteroatoms. The fourth-order valence-corrected chi connectivity index (χ4v) is 10.6. The largest absolute Gasteiger partial charge is 0.407 e. The van der Waals surface area contributed by atoms with Gasteiger partial charge in [0.1, 0.15) is 0 Å². The van der Waals surface area contributed by atoms with Gasteiger partial charge in [-0.3, -0.25) is 4.79 Å². The normalized spacial score (nSPS) is 16.1. The molecule has 0 bridgehead atoms. The fraction of sp³-hybridized carbons (Fsp3) is 0.323. The molecular formula is C31H36N2O2Si. The van der Waals surface area contributed by atoms with Gasteiger partial charge in [0.2, 0.25) is 5.91 Å². The van der Waals surface area contributed by atoms with Gasteiger partial charge < -0.3 is 14.3 Å². The summed E-state index contributed by atoms with van der Waals surface area (Å²) in [5.41, 5.74) is 3.38. The quantitative estimate of drug-likeness (QED) is 0.346. The second kappa shape index (κ2) is 9.72. The third-order valence-corrected chi connectivity index (χ3v) is 12.6. The van der Waals surface area contributed by atoms with Gasteiger partial charge in [0, 0.05) is 31.2 Å². The van der Waals surface area contributed by atoms with Gasteiger partial charge in [0.15, 0.2) is 0 Å². The maximum atomic E-state index is 12.1. The van der Waals surface area contributed by atoms with Gasteiger partial charge in [-0.1, -0.05) is 99.6 Å². The molecule has 1 N–H and O–H groups in total. The van der Waals surface area contributed by atoms with Crippen molar-refractivity contribution >= 4 is 41.2 Å². The highest BCUT2D eigenvalue weighted by Gasteiger charge is 2.50. The van der Waals surface area contributed by atoms with E-state index in [4.69, 9.17) is 4.43 Å². The van der Waals surface area contributed by atoms with Crippen LogP contribution in [0.2, 0.25) is 5.04 Å². The number of hydrogen-bond acceptors (Lipinski definition) is 2. The molecule has 3 aromatic carbocycles. The summed E-state index contributed by atoms with van der Waals surface area (Å²) in [5, 5.41) is 6.84. The summed E-state index contributed by atoms with van der Waals surface area (Å²) < 4.78 is 9.65. The molecule has 0 saturated heterocycles. The summed E-state index contributed by atoms with van der Waals surface area (Å²) in [6, 6.07) is 30.1. The SMILES string of the molecule is CC(=O)Nc1c2n(c3ccccc13)CCC(CO[Si](c1ccccc1)(c1ccccc1)C(C)(C)C)C2. The first-order chi connectivity index (χ1) is 17.3. The fourth-order valence-electron chi connectivity index (χ4n) is 5.97. The molecule has 1 aliphatic heterocycles. The van der Waals surface area contributed by atoms with E-state index >= 15 is 0 Å². The number of anilines is 1. The van der Waals surface area contributed by atoms with Crippen molar-refractivity contribution in [1.29, 1.82) is 0 Å². The minimum absolute atomic E-state index is 0.0279. The minimum atomic E-state index is -2.57. The van der Waals surface area contributed by atoms with E-state index in [1.807, 2.05) is 6.07 Å². The molecule has 1 aliphatic rings. The van der Waals surface area contributed by atoms with Crippen LogP contribution < -0.4 is 15.7 Å². The predicted octanol–water partition coefficient (Wildman–Crippen LogP) is 5.74. The van der Waals surface area contributed by atoms with Crippen LogP contribution in [0.4, 0.5) is 5.69 Å². The van der Waals surface area contributed by atoms with E-state index in [-0.39, 0.29) is 10.9 Å². The molecule has 36 heavy (non-hydrogen) atoms. The summed E-state index contributed by atoms with van der Waals surface area (Å²) >= 11 is 0. The van der Waals surface area contributed by atoms with Crippen LogP contribution in [0.5, 0.6) is 0 Å². The predicted molar refractivity (Wildman–Crippen MR) is 152 cm³/mol. The topological polar surface area (TPSA) is 43.3 Å². The van der Waals surface area contributed by atoms with Crippen LogP contribution in [0.25, 0.3) is 10.9 Å². The number of carbonyl (C=O) groups is 1. The second-order valence-electron chi connectivity index (χ2n) is 11.0. The lowest BCUT2D eigenvalue weighted by atomic mass is 9.96. The lowest BCUT2D eigenvalue weighted by Crippen LogP contribution is -2.67. The van der Waals surface area contributed by atoms with Crippen LogP contribution in [0.15, 0.2) is 84.9 Å². The Bertz CT molecular complexity index is 1320. The number of para-hydroxylation sites is 1. The third-order valence-electron chi connectivity index (χ3n) is 7.57. The summed E-state index contributed by atoms with van der Waals surface area (Å²) in [4.78, 5) is 12.1. The number of amides is 1. The standard InChI is InChI=1S/C31H36N2O2Si/c1-23(34)32-30-27-17-11-12-18-28(27)33-20-19-24(21-29(30)33)22-35-36(31(2,3)4,25-13-7-5-8-14-25)26-15-9-6-10-16-26/h5-18,24H,19-22H2,1-4H3,(H,32,34). The number of aryl methyl sites for hydroxylation is 1. The molecule has 1 atom stereocenters. The van der Waals surface area contributed by atoms with Gasteiger partial charge in [-0.05, 0) is 40.2 Å². The highest BCUT2D eigenvalue weighted by Crippen LogP contribution is 2.39. The molecule has 0 saturated carbocycles. The molecule has 4 aromatic rings. The first-order valence-electron chi connectivity index (χ1n) is 12.9. The summed E-state index contributed by atoms with van der Waals surface area (Å²) in [7, 11) is -2.57. The minimum Gasteiger partial charge on any atom is -0.407 e. The number of fused-ring (bicyclic) bond motifs is 3. The Morgan fingerprint density at radius 1 is 0.944 bits per heavy atom. The number of benzene rings is 3. The van der Waals surface area contributed by atoms with Crippen LogP contribution in [-0.2, 0) is 22.2 Å². The molecule has 0 spiro atoms. The molecular weight excluding hydrogens is 460 g/mol. The van der Waals surface area contributed by atoms with Crippen molar-refractivity contribution in [2.24, 2.45) is 5.92 Å². The van der Waals surface area contributed by atoms with Crippen LogP contribution in [-0.4, -0.2) is 25.4 Å². The van der Waals surface area contributed by atoms with Gasteiger partial charge >= 0.3 is 0 Å². The smallest absolute Gasteiger partial charge is 0.261 e. The van der Waals surface area contributed by atoms with Crippen LogP contribution in [0.3, 0.4) is 0 Å². The Hall–Kier alpha value is -3.15. The van der Waals surface area contributed by atoms with Gasteiger partial charge in [0.05, 0.1) is 11.2 Å². The molecule has 2 heterocycles. The van der Waals surface area contributed by atoms with Crippen molar-refractivity contribution in [2.75, 3.05) is 11.9 Å². The Morgan fingerprint density at radius 2 is 1.53 bits per heavy atom. The molecule has 0 fully saturated rings. The van der Waals surface area contributed by atoms with Crippen LogP contribution >= 0.6 is 0 Å². The second-order valence-corrected chi connectivity index (χ2v) is 15.3. The van der Waals surface area contributed by atoms with E-state index in [2.05, 4.69) is 110 Å². The average Bonchev–Trinajstić information content (AvgIpc) is 3.17. The van der Waals surface area contributed by atoms with E-state index in [0.29, 0.717) is 12.5 Å². The number of aromatic nitrogens is 1. The van der Waals surface area contributed by atoms with Crippen LogP contribution in [0, 0.1) is 5.92 Å². The molecule has 0 aliphatic carbocycles. The Kier molecular flexibility index (Phi) is 6.62. The lowest BCUT2D eigenvalue weighted by molar-refractivity contribution is -0.114. The number of rotatable bonds is 6. The molecule has 1 aromatic heterocycles. The van der Waals surface area contributed by atoms with Crippen molar-refractivity contribution in [1.82, 2.24) is 4.57 Å². The van der Waals surface area contributed by atoms with Gasteiger partial charge in [-0.2, -0.15) is 0 Å². The zero-order valence-corrected chi connectivity index (χ0v) is 22.8. The van der Waals surface area contributed by atoms with Crippen molar-refractivity contribution in [2.45, 2.75) is 52.1 Å². The van der Waals surface area contributed by atoms with E-state index in [9.17, 15) is 4.79 Å². The number of carbonyl (C=O) groups excluding carboxylic acids is 1. The zero-order valence-electron chi connectivity index (χ0n) is 21.8. The molecule has 5 rings (SSSR count). The summed E-state index contributed by atoms with van der Waals surface area (Å²) in [6.45, 7) is 10.2. The summed E-state index contributed by atoms with van der Waals surface area (Å²) in [6.07, 6.45) is 1.95. The molecule has 1 amide bonds. The monoisotopic (exact) mass is 496 g/mol. The summed E-state index contributed by atoms with van der Waals surface area (Å²) in [5.74, 6) is 0.357. The Morgan fingerprint density at radius 3 is 2.11 bits per heavy atom. The van der Waals surface area contributed by atoms with Gasteiger partial charge in [-0.15, -0.1) is 0 Å². The van der Waals surface area contributed by atoms with Crippen molar-refractivity contribution in [3.05, 3.63) is 90.6 Å². The van der Waals surface area contributed by atoms with E-state index in [1.54, 1.807) is 6.92 Å². The maximum absolute atomic E-state index is 12.1. The van der Waals surface area contributed by atoms with Gasteiger partial charge in [0.25, 0.3) is 8.32 Å². The van der Waals surface area contributed by atoms with E-state index < -0.39 is 8.32 Å². The lowest BCUT2D eigenvalue weighted by Gasteiger charge is -2.44. The highest BCUT2D eigenvalue weighted by molar-refractivity contribution is 6.99. The van der Waals surface area contributed by atoms with Crippen molar-refractivity contribution in [3.8, 4) is 0 Å². The number of nitrogens with zero attached hydrogens (tertiary/aromatic N) is 1. The van der Waals surface area contributed by atoms with E-state index in [0.717, 1.165) is 30.5 Å². The maximum Gasteiger partial charge on any atom is 0.261 e. The average molecular weight is 497 g/mol. The van der Waals surface area contributed by atoms with Crippen LogP contribution in [0.1, 0.15) is 39.8 Å². The number of hydrogen-bond donors (Lipinski definition) is 1. The number of nitrogens with one attached hydrogen (secondary N) is 1. The zero-order chi connectivity index (χ0) is 25.3.